The Morgan fingerprint density at radius 3 is 2.48 bits per heavy atom. The summed E-state index contributed by atoms with van der Waals surface area (Å²) < 4.78 is 1.67. The molecule has 2 aromatic carbocycles. The van der Waals surface area contributed by atoms with E-state index in [1.54, 1.807) is 28.5 Å². The summed E-state index contributed by atoms with van der Waals surface area (Å²) in [5.41, 5.74) is 1.29. The molecule has 0 saturated carbocycles. The van der Waals surface area contributed by atoms with Crippen LogP contribution in [-0.2, 0) is 4.79 Å². The summed E-state index contributed by atoms with van der Waals surface area (Å²) in [5, 5.41) is 1.90. The molecule has 4 rings (SSSR count). The van der Waals surface area contributed by atoms with Crippen LogP contribution in [0.3, 0.4) is 0 Å². The second-order valence-corrected chi connectivity index (χ2v) is 9.90. The van der Waals surface area contributed by atoms with Crippen LogP contribution in [0, 0.1) is 0 Å². The maximum absolute atomic E-state index is 13.5. The fraction of sp³-hybridized carbons (Fsp3) is 0.400. The summed E-state index contributed by atoms with van der Waals surface area (Å²) in [7, 11) is 0. The molecule has 1 aromatic heterocycles. The number of carbonyl (C=O) groups is 1. The van der Waals surface area contributed by atoms with E-state index in [0.717, 1.165) is 38.3 Å². The molecular weight excluding hydrogens is 456 g/mol. The van der Waals surface area contributed by atoms with Gasteiger partial charge in [0.1, 0.15) is 0 Å². The summed E-state index contributed by atoms with van der Waals surface area (Å²) in [6.07, 6.45) is 1.53. The molecular formula is C25H29ClN4O2S. The number of benzene rings is 2. The standard InChI is InChI=1S/C25H29ClN4O2S/c1-3-28(4-2)16-20(17-29-15-7-10-23(29)31)33-25-27-22-9-6-5-8-21(22)24(32)30(25)19-13-11-18(26)12-14-19/h5-6,8-9,11-14,20H,3-4,7,10,15-17H2,1-2H3. The molecule has 0 bridgehead atoms. The van der Waals surface area contributed by atoms with Crippen molar-refractivity contribution in [3.63, 3.8) is 0 Å². The molecule has 6 nitrogen and oxygen atoms in total. The van der Waals surface area contributed by atoms with E-state index in [4.69, 9.17) is 16.6 Å². The zero-order chi connectivity index (χ0) is 23.4. The third kappa shape index (κ3) is 5.42. The first-order chi connectivity index (χ1) is 16.0. The van der Waals surface area contributed by atoms with Crippen molar-refractivity contribution in [1.82, 2.24) is 19.4 Å². The van der Waals surface area contributed by atoms with Crippen LogP contribution < -0.4 is 5.56 Å². The van der Waals surface area contributed by atoms with Crippen molar-refractivity contribution < 1.29 is 4.79 Å². The predicted molar refractivity (Wildman–Crippen MR) is 136 cm³/mol. The maximum Gasteiger partial charge on any atom is 0.266 e. The van der Waals surface area contributed by atoms with E-state index in [1.807, 2.05) is 41.3 Å². The van der Waals surface area contributed by atoms with Crippen LogP contribution in [0.15, 0.2) is 58.5 Å². The van der Waals surface area contributed by atoms with Gasteiger partial charge in [-0.15, -0.1) is 0 Å². The number of halogens is 1. The largest absolute Gasteiger partial charge is 0.342 e. The summed E-state index contributed by atoms with van der Waals surface area (Å²) in [5.74, 6) is 0.210. The quantitative estimate of drug-likeness (QED) is 0.331. The van der Waals surface area contributed by atoms with Gasteiger partial charge in [0.2, 0.25) is 5.91 Å². The smallest absolute Gasteiger partial charge is 0.266 e. The third-order valence-corrected chi connectivity index (χ3v) is 7.42. The molecule has 1 unspecified atom stereocenters. The lowest BCUT2D eigenvalue weighted by molar-refractivity contribution is -0.127. The molecule has 1 fully saturated rings. The van der Waals surface area contributed by atoms with Gasteiger partial charge in [0.05, 0.1) is 16.6 Å². The second-order valence-electron chi connectivity index (χ2n) is 8.20. The molecule has 0 aliphatic carbocycles. The molecule has 174 valence electrons. The van der Waals surface area contributed by atoms with E-state index in [9.17, 15) is 9.59 Å². The Morgan fingerprint density at radius 2 is 1.82 bits per heavy atom. The van der Waals surface area contributed by atoms with Crippen LogP contribution in [0.2, 0.25) is 5.02 Å². The van der Waals surface area contributed by atoms with E-state index >= 15 is 0 Å². The van der Waals surface area contributed by atoms with Crippen molar-refractivity contribution in [2.24, 2.45) is 0 Å². The maximum atomic E-state index is 13.5. The number of rotatable bonds is 9. The van der Waals surface area contributed by atoms with Crippen molar-refractivity contribution >= 4 is 40.2 Å². The molecule has 1 aliphatic rings. The fourth-order valence-corrected chi connectivity index (χ4v) is 5.61. The number of nitrogens with zero attached hydrogens (tertiary/aromatic N) is 4. The van der Waals surface area contributed by atoms with E-state index in [0.29, 0.717) is 34.0 Å². The van der Waals surface area contributed by atoms with Crippen LogP contribution in [0.1, 0.15) is 26.7 Å². The number of hydrogen-bond acceptors (Lipinski definition) is 5. The molecule has 0 N–H and O–H groups in total. The van der Waals surface area contributed by atoms with E-state index in [-0.39, 0.29) is 16.7 Å². The number of hydrogen-bond donors (Lipinski definition) is 0. The van der Waals surface area contributed by atoms with Gasteiger partial charge in [-0.3, -0.25) is 14.2 Å². The lowest BCUT2D eigenvalue weighted by Gasteiger charge is -2.28. The highest BCUT2D eigenvalue weighted by atomic mass is 35.5. The third-order valence-electron chi connectivity index (χ3n) is 6.05. The minimum absolute atomic E-state index is 0.0820. The number of likely N-dealkylation sites (tertiary alicyclic amines) is 1. The summed E-state index contributed by atoms with van der Waals surface area (Å²) in [6, 6.07) is 14.7. The number of fused-ring (bicyclic) bond motifs is 1. The highest BCUT2D eigenvalue weighted by molar-refractivity contribution is 7.99. The Kier molecular flexibility index (Phi) is 7.73. The lowest BCUT2D eigenvalue weighted by atomic mass is 10.2. The van der Waals surface area contributed by atoms with Gasteiger partial charge in [-0.05, 0) is 55.9 Å². The Hall–Kier alpha value is -2.35. The van der Waals surface area contributed by atoms with Crippen LogP contribution >= 0.6 is 23.4 Å². The van der Waals surface area contributed by atoms with Crippen molar-refractivity contribution in [1.29, 1.82) is 0 Å². The van der Waals surface area contributed by atoms with Crippen LogP contribution in [0.25, 0.3) is 16.6 Å². The zero-order valence-electron chi connectivity index (χ0n) is 19.0. The number of thioether (sulfide) groups is 1. The number of aromatic nitrogens is 2. The van der Waals surface area contributed by atoms with Gasteiger partial charge < -0.3 is 9.80 Å². The van der Waals surface area contributed by atoms with Crippen molar-refractivity contribution in [3.05, 3.63) is 63.9 Å². The van der Waals surface area contributed by atoms with Crippen LogP contribution in [-0.4, -0.2) is 63.2 Å². The van der Waals surface area contributed by atoms with Gasteiger partial charge in [0, 0.05) is 36.3 Å². The van der Waals surface area contributed by atoms with Gasteiger partial charge in [0.25, 0.3) is 5.56 Å². The molecule has 8 heteroatoms. The number of carbonyl (C=O) groups excluding carboxylic acids is 1. The van der Waals surface area contributed by atoms with Crippen molar-refractivity contribution in [2.75, 3.05) is 32.7 Å². The minimum Gasteiger partial charge on any atom is -0.342 e. The van der Waals surface area contributed by atoms with Gasteiger partial charge in [0.15, 0.2) is 5.16 Å². The van der Waals surface area contributed by atoms with Crippen LogP contribution in [0.4, 0.5) is 0 Å². The van der Waals surface area contributed by atoms with E-state index in [1.165, 1.54) is 0 Å². The molecule has 2 heterocycles. The predicted octanol–water partition coefficient (Wildman–Crippen LogP) is 4.46. The normalized spacial score (nSPS) is 15.0. The van der Waals surface area contributed by atoms with Gasteiger partial charge in [-0.25, -0.2) is 4.98 Å². The average Bonchev–Trinajstić information content (AvgIpc) is 3.22. The first-order valence-corrected chi connectivity index (χ1v) is 12.7. The monoisotopic (exact) mass is 484 g/mol. The zero-order valence-corrected chi connectivity index (χ0v) is 20.6. The first-order valence-electron chi connectivity index (χ1n) is 11.4. The van der Waals surface area contributed by atoms with Crippen LogP contribution in [0.5, 0.6) is 0 Å². The number of amides is 1. The van der Waals surface area contributed by atoms with E-state index in [2.05, 4.69) is 18.7 Å². The first kappa shape index (κ1) is 23.8. The Labute approximate surface area is 203 Å². The molecule has 33 heavy (non-hydrogen) atoms. The minimum atomic E-state index is -0.107. The van der Waals surface area contributed by atoms with Crippen molar-refractivity contribution in [2.45, 2.75) is 37.1 Å². The average molecular weight is 485 g/mol. The molecule has 1 atom stereocenters. The van der Waals surface area contributed by atoms with Crippen molar-refractivity contribution in [3.8, 4) is 5.69 Å². The van der Waals surface area contributed by atoms with Gasteiger partial charge in [-0.1, -0.05) is 49.3 Å². The fourth-order valence-electron chi connectivity index (χ4n) is 4.20. The molecule has 1 saturated heterocycles. The Balaban J connectivity index is 1.77. The molecule has 1 aliphatic heterocycles. The molecule has 0 spiro atoms. The highest BCUT2D eigenvalue weighted by Gasteiger charge is 2.27. The molecule has 3 aromatic rings. The summed E-state index contributed by atoms with van der Waals surface area (Å²) >= 11 is 7.68. The van der Waals surface area contributed by atoms with Gasteiger partial charge >= 0.3 is 0 Å². The SMILES string of the molecule is CCN(CC)CC(CN1CCCC1=O)Sc1nc2ccccc2c(=O)n1-c1ccc(Cl)cc1. The number of para-hydroxylation sites is 1. The summed E-state index contributed by atoms with van der Waals surface area (Å²) in [4.78, 5) is 35.1. The highest BCUT2D eigenvalue weighted by Crippen LogP contribution is 2.28. The Bertz CT molecular complexity index is 1180. The lowest BCUT2D eigenvalue weighted by Crippen LogP contribution is -2.39. The summed E-state index contributed by atoms with van der Waals surface area (Å²) in [6.45, 7) is 8.39. The molecule has 1 amide bonds. The van der Waals surface area contributed by atoms with E-state index < -0.39 is 0 Å². The topological polar surface area (TPSA) is 58.4 Å². The molecule has 0 radical (unpaired) electrons. The second kappa shape index (κ2) is 10.7. The van der Waals surface area contributed by atoms with Gasteiger partial charge in [-0.2, -0.15) is 0 Å². The Morgan fingerprint density at radius 1 is 1.09 bits per heavy atom.